The van der Waals surface area contributed by atoms with Gasteiger partial charge in [-0.3, -0.25) is 19.5 Å². The van der Waals surface area contributed by atoms with Gasteiger partial charge in [0.15, 0.2) is 5.65 Å². The lowest BCUT2D eigenvalue weighted by molar-refractivity contribution is -0.132. The Morgan fingerprint density at radius 3 is 2.66 bits per heavy atom. The average Bonchev–Trinajstić information content (AvgIpc) is 3.46. The fourth-order valence-electron chi connectivity index (χ4n) is 4.60. The van der Waals surface area contributed by atoms with Crippen LogP contribution in [0.25, 0.3) is 5.65 Å². The summed E-state index contributed by atoms with van der Waals surface area (Å²) >= 11 is 0. The topological polar surface area (TPSA) is 90.8 Å². The van der Waals surface area contributed by atoms with Gasteiger partial charge in [0.25, 0.3) is 5.56 Å². The Balaban J connectivity index is 1.59. The second kappa shape index (κ2) is 8.00. The first-order valence-corrected chi connectivity index (χ1v) is 10.7. The number of nitrogens with zero attached hydrogens (tertiary/aromatic N) is 4. The minimum absolute atomic E-state index is 0.0379. The number of carbonyl (C=O) groups is 2. The molecule has 2 aliphatic rings. The first-order valence-electron chi connectivity index (χ1n) is 10.7. The third-order valence-corrected chi connectivity index (χ3v) is 6.22. The van der Waals surface area contributed by atoms with E-state index in [9.17, 15) is 14.4 Å². The number of aryl methyl sites for hydroxylation is 1. The number of aromatic nitrogens is 3. The van der Waals surface area contributed by atoms with Crippen molar-refractivity contribution >= 4 is 17.5 Å². The van der Waals surface area contributed by atoms with E-state index in [1.807, 2.05) is 29.7 Å². The van der Waals surface area contributed by atoms with E-state index in [-0.39, 0.29) is 23.4 Å². The zero-order valence-electron chi connectivity index (χ0n) is 17.2. The molecular weight excluding hydrogens is 370 g/mol. The first-order chi connectivity index (χ1) is 14.0. The van der Waals surface area contributed by atoms with Crippen molar-refractivity contribution in [3.05, 3.63) is 33.4 Å². The smallest absolute Gasteiger partial charge is 0.276 e. The lowest BCUT2D eigenvalue weighted by Gasteiger charge is -2.23. The molecule has 1 N–H and O–H groups in total. The normalized spacial score (nSPS) is 19.4. The Labute approximate surface area is 169 Å². The van der Waals surface area contributed by atoms with Crippen LogP contribution >= 0.6 is 0 Å². The number of amides is 2. The van der Waals surface area contributed by atoms with Gasteiger partial charge in [0, 0.05) is 49.8 Å². The minimum Gasteiger partial charge on any atom is -0.343 e. The molecule has 8 heteroatoms. The molecule has 2 aromatic heterocycles. The highest BCUT2D eigenvalue weighted by atomic mass is 16.2. The van der Waals surface area contributed by atoms with Crippen molar-refractivity contribution in [2.24, 2.45) is 0 Å². The lowest BCUT2D eigenvalue weighted by atomic mass is 10.1. The van der Waals surface area contributed by atoms with E-state index in [0.29, 0.717) is 36.2 Å². The first kappa shape index (κ1) is 19.7. The van der Waals surface area contributed by atoms with Crippen molar-refractivity contribution in [1.29, 1.82) is 0 Å². The summed E-state index contributed by atoms with van der Waals surface area (Å²) in [6.07, 6.45) is 5.16. The number of likely N-dealkylation sites (tertiary alicyclic amines) is 2. The van der Waals surface area contributed by atoms with Gasteiger partial charge in [0.2, 0.25) is 11.8 Å². The molecule has 4 rings (SSSR count). The van der Waals surface area contributed by atoms with Gasteiger partial charge in [-0.15, -0.1) is 0 Å². The van der Waals surface area contributed by atoms with Crippen LogP contribution in [0.15, 0.2) is 10.9 Å². The van der Waals surface area contributed by atoms with Crippen molar-refractivity contribution in [1.82, 2.24) is 24.4 Å². The maximum Gasteiger partial charge on any atom is 0.276 e. The van der Waals surface area contributed by atoms with Gasteiger partial charge >= 0.3 is 0 Å². The zero-order chi connectivity index (χ0) is 20.5. The second-order valence-corrected chi connectivity index (χ2v) is 8.07. The number of rotatable bonds is 5. The lowest BCUT2D eigenvalue weighted by Crippen LogP contribution is -2.30. The molecule has 0 unspecified atom stereocenters. The molecule has 2 aliphatic heterocycles. The fraction of sp³-hybridized carbons (Fsp3) is 0.619. The molecule has 2 amide bonds. The van der Waals surface area contributed by atoms with Crippen LogP contribution in [0, 0.1) is 6.92 Å². The predicted molar refractivity (Wildman–Crippen MR) is 109 cm³/mol. The van der Waals surface area contributed by atoms with Crippen LogP contribution in [-0.4, -0.2) is 55.8 Å². The molecule has 8 nitrogen and oxygen atoms in total. The SMILES string of the molecule is CCC(=O)N1CCC[C@H]1c1cc2nc(C)c(CCC(=O)N3CCCC3)c(=O)n2[nH]1. The van der Waals surface area contributed by atoms with Crippen molar-refractivity contribution in [3.63, 3.8) is 0 Å². The molecule has 0 radical (unpaired) electrons. The highest BCUT2D eigenvalue weighted by Gasteiger charge is 2.30. The molecule has 29 heavy (non-hydrogen) atoms. The van der Waals surface area contributed by atoms with Crippen LogP contribution in [0.2, 0.25) is 0 Å². The van der Waals surface area contributed by atoms with Gasteiger partial charge in [-0.05, 0) is 39.0 Å². The number of nitrogens with one attached hydrogen (secondary N) is 1. The Kier molecular flexibility index (Phi) is 5.43. The summed E-state index contributed by atoms with van der Waals surface area (Å²) in [4.78, 5) is 46.0. The molecule has 0 aromatic carbocycles. The van der Waals surface area contributed by atoms with E-state index in [4.69, 9.17) is 0 Å². The number of hydrogen-bond donors (Lipinski definition) is 1. The van der Waals surface area contributed by atoms with Gasteiger partial charge in [-0.25, -0.2) is 9.50 Å². The van der Waals surface area contributed by atoms with Crippen LogP contribution in [0.3, 0.4) is 0 Å². The van der Waals surface area contributed by atoms with Crippen LogP contribution < -0.4 is 5.56 Å². The molecule has 0 bridgehead atoms. The van der Waals surface area contributed by atoms with E-state index in [1.54, 1.807) is 0 Å². The highest BCUT2D eigenvalue weighted by molar-refractivity contribution is 5.77. The molecule has 2 fully saturated rings. The Hall–Kier alpha value is -2.64. The number of hydrogen-bond acceptors (Lipinski definition) is 4. The van der Waals surface area contributed by atoms with Crippen molar-refractivity contribution < 1.29 is 9.59 Å². The average molecular weight is 399 g/mol. The summed E-state index contributed by atoms with van der Waals surface area (Å²) in [6.45, 7) is 6.09. The summed E-state index contributed by atoms with van der Waals surface area (Å²) in [5.74, 6) is 0.238. The van der Waals surface area contributed by atoms with Gasteiger partial charge in [-0.1, -0.05) is 6.92 Å². The second-order valence-electron chi connectivity index (χ2n) is 8.07. The third-order valence-electron chi connectivity index (χ3n) is 6.22. The molecular formula is C21H29N5O3. The van der Waals surface area contributed by atoms with Crippen molar-refractivity contribution in [2.75, 3.05) is 19.6 Å². The summed E-state index contributed by atoms with van der Waals surface area (Å²) in [6, 6.07) is 1.84. The van der Waals surface area contributed by atoms with Gasteiger partial charge < -0.3 is 9.80 Å². The third kappa shape index (κ3) is 3.68. The Morgan fingerprint density at radius 2 is 1.93 bits per heavy atom. The van der Waals surface area contributed by atoms with Crippen LogP contribution in [0.5, 0.6) is 0 Å². The van der Waals surface area contributed by atoms with Crippen LogP contribution in [0.1, 0.15) is 68.4 Å². The molecule has 4 heterocycles. The monoisotopic (exact) mass is 399 g/mol. The predicted octanol–water partition coefficient (Wildman–Crippen LogP) is 1.96. The fourth-order valence-corrected chi connectivity index (χ4v) is 4.60. The largest absolute Gasteiger partial charge is 0.343 e. The zero-order valence-corrected chi connectivity index (χ0v) is 17.2. The van der Waals surface area contributed by atoms with E-state index >= 15 is 0 Å². The van der Waals surface area contributed by atoms with Crippen LogP contribution in [0.4, 0.5) is 0 Å². The summed E-state index contributed by atoms with van der Waals surface area (Å²) in [7, 11) is 0. The Bertz CT molecular complexity index is 986. The van der Waals surface area contributed by atoms with Gasteiger partial charge in [0.05, 0.1) is 11.7 Å². The summed E-state index contributed by atoms with van der Waals surface area (Å²) in [5, 5.41) is 3.18. The molecule has 0 aliphatic carbocycles. The highest BCUT2D eigenvalue weighted by Crippen LogP contribution is 2.31. The Morgan fingerprint density at radius 1 is 1.17 bits per heavy atom. The molecule has 2 saturated heterocycles. The van der Waals surface area contributed by atoms with Crippen molar-refractivity contribution in [2.45, 2.75) is 64.8 Å². The maximum absolute atomic E-state index is 13.1. The summed E-state index contributed by atoms with van der Waals surface area (Å²) < 4.78 is 1.46. The maximum atomic E-state index is 13.1. The van der Waals surface area contributed by atoms with E-state index in [2.05, 4.69) is 10.1 Å². The van der Waals surface area contributed by atoms with Crippen LogP contribution in [-0.2, 0) is 16.0 Å². The summed E-state index contributed by atoms with van der Waals surface area (Å²) in [5.41, 5.74) is 2.50. The number of carbonyl (C=O) groups excluding carboxylic acids is 2. The van der Waals surface area contributed by atoms with E-state index < -0.39 is 0 Å². The molecule has 2 aromatic rings. The quantitative estimate of drug-likeness (QED) is 0.832. The molecule has 1 atom stereocenters. The molecule has 0 saturated carbocycles. The number of aromatic amines is 1. The molecule has 0 spiro atoms. The van der Waals surface area contributed by atoms with E-state index in [0.717, 1.165) is 51.0 Å². The number of fused-ring (bicyclic) bond motifs is 1. The minimum atomic E-state index is -0.153. The molecule has 156 valence electrons. The van der Waals surface area contributed by atoms with E-state index in [1.165, 1.54) is 4.52 Å². The van der Waals surface area contributed by atoms with Gasteiger partial charge in [-0.2, -0.15) is 0 Å². The van der Waals surface area contributed by atoms with Crippen molar-refractivity contribution in [3.8, 4) is 0 Å². The van der Waals surface area contributed by atoms with Gasteiger partial charge in [0.1, 0.15) is 0 Å². The standard InChI is InChI=1S/C21H29N5O3/c1-3-19(27)25-12-6-7-17(25)16-13-18-22-14(2)15(21(29)26(18)23-16)8-9-20(28)24-10-4-5-11-24/h13,17,23H,3-12H2,1-2H3/t17-/m0/s1. The number of H-pyrrole nitrogens is 1.